The molecule has 2 rings (SSSR count). The van der Waals surface area contributed by atoms with Gasteiger partial charge in [-0.25, -0.2) is 27.3 Å². The molecule has 0 aliphatic heterocycles. The van der Waals surface area contributed by atoms with Crippen molar-refractivity contribution in [1.29, 1.82) is 0 Å². The van der Waals surface area contributed by atoms with Crippen LogP contribution in [0.1, 0.15) is 10.4 Å². The molecule has 0 unspecified atom stereocenters. The van der Waals surface area contributed by atoms with Gasteiger partial charge in [0.2, 0.25) is 0 Å². The molecule has 2 aromatic rings. The molecule has 0 aromatic heterocycles. The number of methoxy groups -OCH3 is 2. The number of alkyl halides is 3. The summed E-state index contributed by atoms with van der Waals surface area (Å²) >= 11 is -0.914. The first-order valence-corrected chi connectivity index (χ1v) is 9.53. The maximum absolute atomic E-state index is 14.6. The van der Waals surface area contributed by atoms with Gasteiger partial charge in [-0.15, -0.1) is 0 Å². The molecule has 0 saturated carbocycles. The van der Waals surface area contributed by atoms with E-state index in [1.54, 1.807) is 0 Å². The summed E-state index contributed by atoms with van der Waals surface area (Å²) in [5.74, 6) is -7.11. The normalized spacial score (nSPS) is 11.4. The Labute approximate surface area is 186 Å². The number of carbonyl (C=O) groups excluding carboxylic acids is 2. The van der Waals surface area contributed by atoms with Gasteiger partial charge in [-0.2, -0.15) is 13.2 Å². The fourth-order valence-corrected chi connectivity index (χ4v) is 3.17. The van der Waals surface area contributed by atoms with Gasteiger partial charge in [-0.05, 0) is 30.0 Å². The highest BCUT2D eigenvalue weighted by Gasteiger charge is 2.35. The van der Waals surface area contributed by atoms with E-state index >= 15 is 0 Å². The minimum Gasteiger partial charge on any atom is -0.364 e. The van der Waals surface area contributed by atoms with E-state index in [0.29, 0.717) is 11.0 Å². The summed E-state index contributed by atoms with van der Waals surface area (Å²) in [6.07, 6.45) is 0. The second kappa shape index (κ2) is 10.9. The molecule has 2 aromatic carbocycles. The first-order chi connectivity index (χ1) is 15.4. The van der Waals surface area contributed by atoms with Gasteiger partial charge in [0.25, 0.3) is 5.91 Å². The second-order valence-corrected chi connectivity index (χ2v) is 7.26. The van der Waals surface area contributed by atoms with Crippen molar-refractivity contribution >= 4 is 29.4 Å². The maximum Gasteiger partial charge on any atom is 0.446 e. The SMILES string of the molecule is COCN(C(=O)c1c(F)cccc1F)C(=O)N(COC)c1cc(F)c(SC(F)(F)F)cc1F. The summed E-state index contributed by atoms with van der Waals surface area (Å²) in [6, 6.07) is 1.52. The summed E-state index contributed by atoms with van der Waals surface area (Å²) in [5.41, 5.74) is -6.93. The molecule has 0 saturated heterocycles. The number of hydrogen-bond acceptors (Lipinski definition) is 5. The van der Waals surface area contributed by atoms with Crippen LogP contribution in [0.3, 0.4) is 0 Å². The number of carbonyl (C=O) groups is 2. The van der Waals surface area contributed by atoms with Crippen molar-refractivity contribution in [3.05, 3.63) is 59.2 Å². The molecule has 33 heavy (non-hydrogen) atoms. The molecule has 0 fully saturated rings. The number of urea groups is 1. The van der Waals surface area contributed by atoms with Crippen molar-refractivity contribution in [1.82, 2.24) is 4.90 Å². The third-order valence-electron chi connectivity index (χ3n) is 3.92. The summed E-state index contributed by atoms with van der Waals surface area (Å²) in [6.45, 7) is -1.67. The van der Waals surface area contributed by atoms with Crippen LogP contribution in [0.25, 0.3) is 0 Å². The zero-order valence-electron chi connectivity index (χ0n) is 16.9. The molecular weight excluding hydrogens is 485 g/mol. The second-order valence-electron chi connectivity index (χ2n) is 6.16. The summed E-state index contributed by atoms with van der Waals surface area (Å²) < 4.78 is 104. The van der Waals surface area contributed by atoms with Crippen LogP contribution < -0.4 is 4.90 Å². The largest absolute Gasteiger partial charge is 0.446 e. The lowest BCUT2D eigenvalue weighted by Gasteiger charge is -2.29. The van der Waals surface area contributed by atoms with Crippen LogP contribution in [0, 0.1) is 23.3 Å². The van der Waals surface area contributed by atoms with Crippen LogP contribution >= 0.6 is 11.8 Å². The van der Waals surface area contributed by atoms with Gasteiger partial charge >= 0.3 is 11.5 Å². The highest BCUT2D eigenvalue weighted by Crippen LogP contribution is 2.40. The fraction of sp³-hybridized carbons (Fsp3) is 0.263. The van der Waals surface area contributed by atoms with E-state index in [4.69, 9.17) is 9.47 Å². The van der Waals surface area contributed by atoms with Gasteiger partial charge in [0.05, 0.1) is 10.6 Å². The Hall–Kier alpha value is -2.84. The Bertz CT molecular complexity index is 1020. The average Bonchev–Trinajstić information content (AvgIpc) is 2.71. The Morgan fingerprint density at radius 3 is 2.00 bits per heavy atom. The van der Waals surface area contributed by atoms with Crippen LogP contribution in [0.15, 0.2) is 35.2 Å². The molecule has 0 heterocycles. The number of benzene rings is 2. The molecule has 180 valence electrons. The first-order valence-electron chi connectivity index (χ1n) is 8.71. The number of halogens is 7. The van der Waals surface area contributed by atoms with E-state index in [0.717, 1.165) is 32.4 Å². The molecule has 0 radical (unpaired) electrons. The number of hydrogen-bond donors (Lipinski definition) is 0. The maximum atomic E-state index is 14.6. The first kappa shape index (κ1) is 26.4. The van der Waals surface area contributed by atoms with Crippen molar-refractivity contribution in [3.8, 4) is 0 Å². The minimum absolute atomic E-state index is 0.177. The zero-order valence-corrected chi connectivity index (χ0v) is 17.7. The average molecular weight is 500 g/mol. The van der Waals surface area contributed by atoms with Crippen molar-refractivity contribution in [3.63, 3.8) is 0 Å². The number of rotatable bonds is 7. The van der Waals surface area contributed by atoms with E-state index in [1.807, 2.05) is 0 Å². The summed E-state index contributed by atoms with van der Waals surface area (Å²) in [5, 5.41) is 0. The van der Waals surface area contributed by atoms with Gasteiger partial charge in [0.15, 0.2) is 0 Å². The lowest BCUT2D eigenvalue weighted by Crippen LogP contribution is -2.48. The Balaban J connectivity index is 2.51. The van der Waals surface area contributed by atoms with E-state index in [1.165, 1.54) is 0 Å². The predicted molar refractivity (Wildman–Crippen MR) is 102 cm³/mol. The number of ether oxygens (including phenoxy) is 2. The topological polar surface area (TPSA) is 59.1 Å². The third kappa shape index (κ3) is 6.36. The quantitative estimate of drug-likeness (QED) is 0.300. The zero-order chi connectivity index (χ0) is 24.9. The Morgan fingerprint density at radius 2 is 1.48 bits per heavy atom. The molecule has 6 nitrogen and oxygen atoms in total. The van der Waals surface area contributed by atoms with Gasteiger partial charge in [0.1, 0.15) is 42.3 Å². The molecule has 0 bridgehead atoms. The van der Waals surface area contributed by atoms with Crippen molar-refractivity contribution in [2.24, 2.45) is 0 Å². The molecule has 3 amide bonds. The number of imide groups is 1. The highest BCUT2D eigenvalue weighted by molar-refractivity contribution is 8.00. The van der Waals surface area contributed by atoms with Gasteiger partial charge in [-0.1, -0.05) is 6.07 Å². The minimum atomic E-state index is -4.91. The van der Waals surface area contributed by atoms with Crippen LogP contribution in [0.4, 0.5) is 41.2 Å². The van der Waals surface area contributed by atoms with Crippen molar-refractivity contribution < 1.29 is 49.8 Å². The molecule has 0 aliphatic rings. The molecule has 0 N–H and O–H groups in total. The molecule has 0 atom stereocenters. The fourth-order valence-electron chi connectivity index (χ4n) is 2.60. The van der Waals surface area contributed by atoms with Gasteiger partial charge in [0, 0.05) is 20.3 Å². The highest BCUT2D eigenvalue weighted by atomic mass is 32.2. The van der Waals surface area contributed by atoms with Crippen LogP contribution in [0.2, 0.25) is 0 Å². The number of nitrogens with zero attached hydrogens (tertiary/aromatic N) is 2. The van der Waals surface area contributed by atoms with E-state index in [9.17, 15) is 40.3 Å². The Morgan fingerprint density at radius 1 is 0.909 bits per heavy atom. The Kier molecular flexibility index (Phi) is 8.69. The number of thioether (sulfide) groups is 1. The van der Waals surface area contributed by atoms with Gasteiger partial charge < -0.3 is 9.47 Å². The van der Waals surface area contributed by atoms with Crippen molar-refractivity contribution in [2.75, 3.05) is 32.6 Å². The third-order valence-corrected chi connectivity index (χ3v) is 4.68. The lowest BCUT2D eigenvalue weighted by atomic mass is 10.1. The van der Waals surface area contributed by atoms with E-state index in [-0.39, 0.29) is 11.0 Å². The van der Waals surface area contributed by atoms with E-state index in [2.05, 4.69) is 0 Å². The molecule has 0 spiro atoms. The molecule has 0 aliphatic carbocycles. The number of amides is 3. The summed E-state index contributed by atoms with van der Waals surface area (Å²) in [4.78, 5) is 25.1. The monoisotopic (exact) mass is 500 g/mol. The van der Waals surface area contributed by atoms with Crippen LogP contribution in [-0.4, -0.2) is 50.0 Å². The standard InChI is InChI=1S/C19H15F7N2O4S/c1-31-8-27(14-6-13(23)15(7-12(14)22)33-19(24,25)26)18(30)28(9-32-2)17(29)16-10(20)4-3-5-11(16)21/h3-7H,8-9H2,1-2H3. The predicted octanol–water partition coefficient (Wildman–Crippen LogP) is 5.13. The molecular formula is C19H15F7N2O4S. The smallest absolute Gasteiger partial charge is 0.364 e. The number of anilines is 1. The van der Waals surface area contributed by atoms with E-state index < -0.39 is 82.1 Å². The lowest BCUT2D eigenvalue weighted by molar-refractivity contribution is -0.0329. The van der Waals surface area contributed by atoms with Crippen LogP contribution in [0.5, 0.6) is 0 Å². The van der Waals surface area contributed by atoms with Gasteiger partial charge in [-0.3, -0.25) is 9.69 Å². The summed E-state index contributed by atoms with van der Waals surface area (Å²) in [7, 11) is 2.08. The molecule has 14 heteroatoms. The van der Waals surface area contributed by atoms with Crippen molar-refractivity contribution in [2.45, 2.75) is 10.4 Å². The van der Waals surface area contributed by atoms with Crippen LogP contribution in [-0.2, 0) is 9.47 Å².